The van der Waals surface area contributed by atoms with Crippen molar-refractivity contribution >= 4 is 40.0 Å². The van der Waals surface area contributed by atoms with Gasteiger partial charge in [-0.3, -0.25) is 4.99 Å². The van der Waals surface area contributed by atoms with E-state index in [4.69, 9.17) is 0 Å². The quantitative estimate of drug-likeness (QED) is 0.327. The average molecular weight is 464 g/mol. The van der Waals surface area contributed by atoms with E-state index < -0.39 is 10.0 Å². The Balaban J connectivity index is 0.00000208. The number of guanidine groups is 1. The minimum atomic E-state index is -3.37. The molecule has 2 saturated carbocycles. The smallest absolute Gasteiger partial charge is 0.240 e. The monoisotopic (exact) mass is 464 g/mol. The molecule has 3 N–H and O–H groups in total. The molecular formula is C16H25IN4O2S. The van der Waals surface area contributed by atoms with Crippen molar-refractivity contribution in [1.29, 1.82) is 0 Å². The Morgan fingerprint density at radius 3 is 2.33 bits per heavy atom. The molecule has 24 heavy (non-hydrogen) atoms. The van der Waals surface area contributed by atoms with E-state index in [2.05, 4.69) is 20.3 Å². The zero-order valence-corrected chi connectivity index (χ0v) is 16.9. The number of aliphatic imine (C=N–C) groups is 1. The molecule has 0 unspecified atom stereocenters. The largest absolute Gasteiger partial charge is 0.356 e. The van der Waals surface area contributed by atoms with Gasteiger partial charge in [0.2, 0.25) is 10.0 Å². The second-order valence-corrected chi connectivity index (χ2v) is 8.00. The maximum Gasteiger partial charge on any atom is 0.240 e. The molecule has 0 spiro atoms. The lowest BCUT2D eigenvalue weighted by Crippen LogP contribution is -2.37. The fourth-order valence-electron chi connectivity index (χ4n) is 2.24. The first-order valence-corrected chi connectivity index (χ1v) is 9.61. The topological polar surface area (TPSA) is 82.6 Å². The van der Waals surface area contributed by atoms with Crippen LogP contribution in [0.4, 0.5) is 0 Å². The Bertz CT molecular complexity index is 668. The van der Waals surface area contributed by atoms with Crippen LogP contribution in [0.2, 0.25) is 0 Å². The summed E-state index contributed by atoms with van der Waals surface area (Å²) in [6.45, 7) is 1.57. The van der Waals surface area contributed by atoms with Crippen LogP contribution >= 0.6 is 24.0 Å². The first-order valence-electron chi connectivity index (χ1n) is 8.12. The van der Waals surface area contributed by atoms with Gasteiger partial charge in [-0.05, 0) is 49.3 Å². The van der Waals surface area contributed by atoms with Crippen molar-refractivity contribution in [1.82, 2.24) is 15.4 Å². The molecule has 0 aliphatic heterocycles. The van der Waals surface area contributed by atoms with Gasteiger partial charge in [-0.25, -0.2) is 13.1 Å². The third kappa shape index (κ3) is 5.89. The molecular weight excluding hydrogens is 439 g/mol. The lowest BCUT2D eigenvalue weighted by molar-refractivity contribution is 0.581. The molecule has 0 radical (unpaired) electrons. The fourth-order valence-corrected chi connectivity index (χ4v) is 3.55. The van der Waals surface area contributed by atoms with Crippen LogP contribution in [0.25, 0.3) is 0 Å². The third-order valence-electron chi connectivity index (χ3n) is 4.07. The molecule has 1 aromatic rings. The van der Waals surface area contributed by atoms with E-state index in [-0.39, 0.29) is 30.0 Å². The summed E-state index contributed by atoms with van der Waals surface area (Å²) in [5, 5.41) is 6.54. The van der Waals surface area contributed by atoms with Gasteiger partial charge in [-0.1, -0.05) is 12.1 Å². The molecule has 8 heteroatoms. The number of hydrogen-bond donors (Lipinski definition) is 3. The lowest BCUT2D eigenvalue weighted by Gasteiger charge is -2.12. The summed E-state index contributed by atoms with van der Waals surface area (Å²) >= 11 is 0. The van der Waals surface area contributed by atoms with E-state index in [1.807, 2.05) is 12.1 Å². The van der Waals surface area contributed by atoms with Crippen molar-refractivity contribution in [2.24, 2.45) is 10.9 Å². The van der Waals surface area contributed by atoms with Crippen LogP contribution in [-0.2, 0) is 16.6 Å². The molecule has 2 aliphatic carbocycles. The standard InChI is InChI=1S/C16H24N4O2S.HI/c1-17-16(18-10-12-2-3-12)19-11-13-4-8-15(9-5-13)23(21,22)20-14-6-7-14;/h4-5,8-9,12,14,20H,2-3,6-7,10-11H2,1H3,(H2,17,18,19);1H. The van der Waals surface area contributed by atoms with Crippen LogP contribution in [0.5, 0.6) is 0 Å². The highest BCUT2D eigenvalue weighted by atomic mass is 127. The highest BCUT2D eigenvalue weighted by Crippen LogP contribution is 2.27. The second-order valence-electron chi connectivity index (χ2n) is 6.29. The van der Waals surface area contributed by atoms with E-state index >= 15 is 0 Å². The number of benzene rings is 1. The third-order valence-corrected chi connectivity index (χ3v) is 5.61. The van der Waals surface area contributed by atoms with Gasteiger partial charge in [0.1, 0.15) is 0 Å². The molecule has 0 saturated heterocycles. The minimum absolute atomic E-state index is 0. The predicted molar refractivity (Wildman–Crippen MR) is 106 cm³/mol. The predicted octanol–water partition coefficient (Wildman–Crippen LogP) is 1.82. The molecule has 3 rings (SSSR count). The maximum atomic E-state index is 12.1. The SMILES string of the molecule is CN=C(NCc1ccc(S(=O)(=O)NC2CC2)cc1)NCC1CC1.I. The normalized spacial score (nSPS) is 18.0. The molecule has 6 nitrogen and oxygen atoms in total. The average Bonchev–Trinajstić information content (AvgIpc) is 3.43. The molecule has 0 atom stereocenters. The summed E-state index contributed by atoms with van der Waals surface area (Å²) in [6.07, 6.45) is 4.48. The van der Waals surface area contributed by atoms with Crippen LogP contribution < -0.4 is 15.4 Å². The summed E-state index contributed by atoms with van der Waals surface area (Å²) in [5.74, 6) is 1.57. The fraction of sp³-hybridized carbons (Fsp3) is 0.562. The van der Waals surface area contributed by atoms with Crippen LogP contribution in [0, 0.1) is 5.92 Å². The summed E-state index contributed by atoms with van der Waals surface area (Å²) < 4.78 is 26.9. The molecule has 0 heterocycles. The highest BCUT2D eigenvalue weighted by molar-refractivity contribution is 14.0. The lowest BCUT2D eigenvalue weighted by atomic mass is 10.2. The number of hydrogen-bond acceptors (Lipinski definition) is 3. The summed E-state index contributed by atoms with van der Waals surface area (Å²) in [4.78, 5) is 4.51. The number of sulfonamides is 1. The Kier molecular flexibility index (Phi) is 6.88. The summed E-state index contributed by atoms with van der Waals surface area (Å²) in [7, 11) is -1.62. The van der Waals surface area contributed by atoms with Gasteiger partial charge in [-0.2, -0.15) is 0 Å². The molecule has 2 aliphatic rings. The van der Waals surface area contributed by atoms with Crippen LogP contribution in [0.3, 0.4) is 0 Å². The van der Waals surface area contributed by atoms with Crippen molar-refractivity contribution in [3.05, 3.63) is 29.8 Å². The zero-order valence-electron chi connectivity index (χ0n) is 13.8. The Hall–Kier alpha value is -0.870. The molecule has 0 aromatic heterocycles. The van der Waals surface area contributed by atoms with Gasteiger partial charge in [-0.15, -0.1) is 24.0 Å². The van der Waals surface area contributed by atoms with E-state index in [9.17, 15) is 8.42 Å². The van der Waals surface area contributed by atoms with Crippen molar-refractivity contribution in [3.63, 3.8) is 0 Å². The zero-order chi connectivity index (χ0) is 16.3. The number of nitrogens with one attached hydrogen (secondary N) is 3. The van der Waals surface area contributed by atoms with E-state index in [1.165, 1.54) is 12.8 Å². The van der Waals surface area contributed by atoms with Crippen molar-refractivity contribution < 1.29 is 8.42 Å². The van der Waals surface area contributed by atoms with Gasteiger partial charge in [0.15, 0.2) is 5.96 Å². The molecule has 134 valence electrons. The van der Waals surface area contributed by atoms with Crippen molar-refractivity contribution in [2.45, 2.75) is 43.2 Å². The Labute approximate surface area is 161 Å². The van der Waals surface area contributed by atoms with Crippen LogP contribution in [-0.4, -0.2) is 34.0 Å². The maximum absolute atomic E-state index is 12.1. The van der Waals surface area contributed by atoms with Crippen LogP contribution in [0.15, 0.2) is 34.2 Å². The first kappa shape index (κ1) is 19.5. The molecule has 0 amide bonds. The summed E-state index contributed by atoms with van der Waals surface area (Å²) in [5.41, 5.74) is 1.02. The van der Waals surface area contributed by atoms with E-state index in [0.717, 1.165) is 36.8 Å². The Morgan fingerprint density at radius 2 is 1.79 bits per heavy atom. The minimum Gasteiger partial charge on any atom is -0.356 e. The van der Waals surface area contributed by atoms with Crippen LogP contribution in [0.1, 0.15) is 31.2 Å². The molecule has 2 fully saturated rings. The van der Waals surface area contributed by atoms with E-state index in [1.54, 1.807) is 19.2 Å². The van der Waals surface area contributed by atoms with Crippen molar-refractivity contribution in [2.75, 3.05) is 13.6 Å². The highest BCUT2D eigenvalue weighted by Gasteiger charge is 2.27. The van der Waals surface area contributed by atoms with Crippen molar-refractivity contribution in [3.8, 4) is 0 Å². The number of nitrogens with zero attached hydrogens (tertiary/aromatic N) is 1. The number of halogens is 1. The van der Waals surface area contributed by atoms with Gasteiger partial charge < -0.3 is 10.6 Å². The number of rotatable bonds is 7. The van der Waals surface area contributed by atoms with Gasteiger partial charge in [0.05, 0.1) is 4.90 Å². The Morgan fingerprint density at radius 1 is 1.12 bits per heavy atom. The van der Waals surface area contributed by atoms with Gasteiger partial charge in [0.25, 0.3) is 0 Å². The summed E-state index contributed by atoms with van der Waals surface area (Å²) in [6, 6.07) is 7.11. The molecule has 0 bridgehead atoms. The second kappa shape index (κ2) is 8.48. The molecule has 1 aromatic carbocycles. The van der Waals surface area contributed by atoms with E-state index in [0.29, 0.717) is 11.4 Å². The van der Waals surface area contributed by atoms with Gasteiger partial charge >= 0.3 is 0 Å². The van der Waals surface area contributed by atoms with Gasteiger partial charge in [0, 0.05) is 26.2 Å². The first-order chi connectivity index (χ1) is 11.1.